The molecule has 1 aromatic carbocycles. The lowest BCUT2D eigenvalue weighted by Gasteiger charge is -2.04. The van der Waals surface area contributed by atoms with Crippen molar-refractivity contribution in [2.24, 2.45) is 0 Å². The first-order valence-corrected chi connectivity index (χ1v) is 8.52. The molecule has 0 saturated heterocycles. The van der Waals surface area contributed by atoms with E-state index in [0.717, 1.165) is 22.4 Å². The molecule has 4 nitrogen and oxygen atoms in total. The van der Waals surface area contributed by atoms with E-state index in [-0.39, 0.29) is 0 Å². The third-order valence-corrected chi connectivity index (χ3v) is 4.76. The van der Waals surface area contributed by atoms with Gasteiger partial charge in [-0.25, -0.2) is 0 Å². The molecule has 1 N–H and O–H groups in total. The highest BCUT2D eigenvalue weighted by Crippen LogP contribution is 2.13. The Labute approximate surface area is 127 Å². The van der Waals surface area contributed by atoms with Gasteiger partial charge in [0.15, 0.2) is 4.77 Å². The maximum Gasteiger partial charge on any atom is 0.195 e. The number of nitrogens with zero attached hydrogens (tertiary/aromatic N) is 2. The summed E-state index contributed by atoms with van der Waals surface area (Å²) in [5.41, 5.74) is 1.05. The fourth-order valence-corrected chi connectivity index (χ4v) is 3.47. The zero-order chi connectivity index (χ0) is 13.8. The zero-order valence-corrected chi connectivity index (χ0v) is 13.6. The van der Waals surface area contributed by atoms with Gasteiger partial charge in [-0.2, -0.15) is 5.10 Å². The lowest BCUT2D eigenvalue weighted by atomic mass is 10.2. The molecule has 0 fully saturated rings. The Morgan fingerprint density at radius 2 is 2.05 bits per heavy atom. The number of hydrogen-bond donors (Lipinski definition) is 1. The van der Waals surface area contributed by atoms with Crippen LogP contribution in [0.5, 0.6) is 0 Å². The van der Waals surface area contributed by atoms with Gasteiger partial charge in [-0.3, -0.25) is 9.31 Å². The summed E-state index contributed by atoms with van der Waals surface area (Å²) in [6, 6.07) is 7.85. The molecule has 0 aliphatic heterocycles. The molecule has 1 aromatic heterocycles. The van der Waals surface area contributed by atoms with Crippen molar-refractivity contribution in [3.8, 4) is 0 Å². The molecule has 1 atom stereocenters. The molecule has 0 spiro atoms. The van der Waals surface area contributed by atoms with E-state index in [1.54, 1.807) is 0 Å². The molecule has 102 valence electrons. The highest BCUT2D eigenvalue weighted by molar-refractivity contribution is 9.10. The highest BCUT2D eigenvalue weighted by Gasteiger charge is 2.09. The Kier molecular flexibility index (Phi) is 5.06. The molecular weight excluding hydrogens is 346 g/mol. The second kappa shape index (κ2) is 6.58. The van der Waals surface area contributed by atoms with Gasteiger partial charge in [0.2, 0.25) is 0 Å². The minimum atomic E-state index is -0.992. The predicted molar refractivity (Wildman–Crippen MR) is 82.8 cm³/mol. The number of halogens is 1. The minimum Gasteiger partial charge on any atom is -0.304 e. The summed E-state index contributed by atoms with van der Waals surface area (Å²) in [6.07, 6.45) is 0. The Balaban J connectivity index is 2.05. The van der Waals surface area contributed by atoms with E-state index in [0.29, 0.717) is 16.3 Å². The molecule has 0 bridgehead atoms. The van der Waals surface area contributed by atoms with Gasteiger partial charge < -0.3 is 4.57 Å². The maximum atomic E-state index is 12.1. The molecule has 19 heavy (non-hydrogen) atoms. The summed E-state index contributed by atoms with van der Waals surface area (Å²) in [4.78, 5) is 0. The standard InChI is InChI=1S/C12H14BrN3OS2/c1-2-16-11(14-15-12(16)18)8-19(17)7-9-3-5-10(13)6-4-9/h3-6H,2,7-8H2,1H3,(H,15,18)/t19-/m0/s1. The smallest absolute Gasteiger partial charge is 0.195 e. The molecule has 0 aliphatic rings. The quantitative estimate of drug-likeness (QED) is 0.834. The number of hydrogen-bond acceptors (Lipinski definition) is 3. The van der Waals surface area contributed by atoms with E-state index in [1.165, 1.54) is 0 Å². The van der Waals surface area contributed by atoms with E-state index in [9.17, 15) is 4.21 Å². The molecule has 1 heterocycles. The lowest BCUT2D eigenvalue weighted by molar-refractivity contribution is 0.673. The van der Waals surface area contributed by atoms with Crippen molar-refractivity contribution in [2.45, 2.75) is 25.0 Å². The Morgan fingerprint density at radius 1 is 1.37 bits per heavy atom. The molecule has 0 saturated carbocycles. The minimum absolute atomic E-state index is 0.414. The second-order valence-corrected chi connectivity index (χ2v) is 6.80. The summed E-state index contributed by atoms with van der Waals surface area (Å²) < 4.78 is 15.6. The van der Waals surface area contributed by atoms with Crippen molar-refractivity contribution >= 4 is 38.9 Å². The number of aromatic nitrogens is 3. The third-order valence-electron chi connectivity index (χ3n) is 2.68. The van der Waals surface area contributed by atoms with Gasteiger partial charge in [-0.15, -0.1) is 0 Å². The number of nitrogens with one attached hydrogen (secondary N) is 1. The summed E-state index contributed by atoms with van der Waals surface area (Å²) in [5, 5.41) is 6.87. The van der Waals surface area contributed by atoms with Crippen LogP contribution in [0.3, 0.4) is 0 Å². The van der Waals surface area contributed by atoms with Crippen LogP contribution in [-0.4, -0.2) is 19.0 Å². The topological polar surface area (TPSA) is 50.7 Å². The first kappa shape index (κ1) is 14.6. The molecule has 0 aliphatic carbocycles. The fourth-order valence-electron chi connectivity index (χ4n) is 1.75. The average molecular weight is 360 g/mol. The van der Waals surface area contributed by atoms with Crippen LogP contribution in [0.25, 0.3) is 0 Å². The normalized spacial score (nSPS) is 12.5. The number of aromatic amines is 1. The van der Waals surface area contributed by atoms with Crippen molar-refractivity contribution in [3.05, 3.63) is 44.9 Å². The van der Waals surface area contributed by atoms with Gasteiger partial charge in [0.25, 0.3) is 0 Å². The Bertz CT molecular complexity index is 633. The second-order valence-electron chi connectivity index (χ2n) is 4.04. The number of H-pyrrole nitrogens is 1. The molecule has 2 aromatic rings. The van der Waals surface area contributed by atoms with Crippen LogP contribution in [-0.2, 0) is 28.9 Å². The van der Waals surface area contributed by atoms with Gasteiger partial charge in [0, 0.05) is 27.6 Å². The molecule has 0 unspecified atom stereocenters. The van der Waals surface area contributed by atoms with Crippen LogP contribution >= 0.6 is 28.1 Å². The third kappa shape index (κ3) is 3.84. The summed E-state index contributed by atoms with van der Waals surface area (Å²) in [7, 11) is -0.992. The fraction of sp³-hybridized carbons (Fsp3) is 0.333. The SMILES string of the molecule is CCn1c(C[S@@](=O)Cc2ccc(Br)cc2)n[nH]c1=S. The molecule has 2 rings (SSSR count). The van der Waals surface area contributed by atoms with Crippen LogP contribution < -0.4 is 0 Å². The van der Waals surface area contributed by atoms with Gasteiger partial charge in [-0.1, -0.05) is 28.1 Å². The molecule has 0 radical (unpaired) electrons. The van der Waals surface area contributed by atoms with Gasteiger partial charge in [-0.05, 0) is 36.8 Å². The zero-order valence-electron chi connectivity index (χ0n) is 10.4. The first-order chi connectivity index (χ1) is 9.10. The Hall–Kier alpha value is -0.790. The van der Waals surface area contributed by atoms with E-state index >= 15 is 0 Å². The van der Waals surface area contributed by atoms with Crippen molar-refractivity contribution in [2.75, 3.05) is 0 Å². The van der Waals surface area contributed by atoms with Crippen molar-refractivity contribution in [3.63, 3.8) is 0 Å². The largest absolute Gasteiger partial charge is 0.304 e. The first-order valence-electron chi connectivity index (χ1n) is 5.83. The van der Waals surface area contributed by atoms with Crippen molar-refractivity contribution in [1.82, 2.24) is 14.8 Å². The maximum absolute atomic E-state index is 12.1. The van der Waals surface area contributed by atoms with Crippen LogP contribution in [0.15, 0.2) is 28.7 Å². The molecule has 0 amide bonds. The van der Waals surface area contributed by atoms with Gasteiger partial charge in [0.1, 0.15) is 5.82 Å². The van der Waals surface area contributed by atoms with Crippen LogP contribution in [0.2, 0.25) is 0 Å². The van der Waals surface area contributed by atoms with Crippen LogP contribution in [0.1, 0.15) is 18.3 Å². The summed E-state index contributed by atoms with van der Waals surface area (Å²) in [6.45, 7) is 2.73. The van der Waals surface area contributed by atoms with Crippen LogP contribution in [0, 0.1) is 4.77 Å². The molecule has 7 heteroatoms. The monoisotopic (exact) mass is 359 g/mol. The number of rotatable bonds is 5. The Morgan fingerprint density at radius 3 is 2.68 bits per heavy atom. The molecular formula is C12H14BrN3OS2. The summed E-state index contributed by atoms with van der Waals surface area (Å²) >= 11 is 8.49. The van der Waals surface area contributed by atoms with E-state index < -0.39 is 10.8 Å². The van der Waals surface area contributed by atoms with Gasteiger partial charge >= 0.3 is 0 Å². The number of benzene rings is 1. The van der Waals surface area contributed by atoms with Crippen molar-refractivity contribution < 1.29 is 4.21 Å². The van der Waals surface area contributed by atoms with E-state index in [2.05, 4.69) is 26.1 Å². The van der Waals surface area contributed by atoms with Gasteiger partial charge in [0.05, 0.1) is 5.75 Å². The van der Waals surface area contributed by atoms with E-state index in [4.69, 9.17) is 12.2 Å². The van der Waals surface area contributed by atoms with Crippen molar-refractivity contribution in [1.29, 1.82) is 0 Å². The lowest BCUT2D eigenvalue weighted by Crippen LogP contribution is -2.07. The van der Waals surface area contributed by atoms with E-state index in [1.807, 2.05) is 35.8 Å². The predicted octanol–water partition coefficient (Wildman–Crippen LogP) is 3.17. The average Bonchev–Trinajstić information content (AvgIpc) is 2.72. The summed E-state index contributed by atoms with van der Waals surface area (Å²) in [5.74, 6) is 1.69. The van der Waals surface area contributed by atoms with Crippen LogP contribution in [0.4, 0.5) is 0 Å². The highest BCUT2D eigenvalue weighted by atomic mass is 79.9.